The summed E-state index contributed by atoms with van der Waals surface area (Å²) in [5, 5.41) is 4.26. The molecular formula is C28H35F2N3O3. The number of aromatic nitrogens is 2. The molecule has 8 heteroatoms. The van der Waals surface area contributed by atoms with Crippen LogP contribution in [0.15, 0.2) is 28.8 Å². The average molecular weight is 500 g/mol. The Hall–Kier alpha value is -2.51. The summed E-state index contributed by atoms with van der Waals surface area (Å²) >= 11 is 0. The van der Waals surface area contributed by atoms with E-state index >= 15 is 0 Å². The lowest BCUT2D eigenvalue weighted by molar-refractivity contribution is -0.132. The van der Waals surface area contributed by atoms with Gasteiger partial charge in [-0.05, 0) is 81.8 Å². The van der Waals surface area contributed by atoms with E-state index in [-0.39, 0.29) is 41.9 Å². The van der Waals surface area contributed by atoms with Gasteiger partial charge >= 0.3 is 0 Å². The maximum absolute atomic E-state index is 13.5. The van der Waals surface area contributed by atoms with Crippen molar-refractivity contribution in [2.75, 3.05) is 18.1 Å². The SMILES string of the molecule is CCOc1cccc(N(CC23CCC(c4nc(C5CC5)no4)(CC2)CC3)C(=O)CC2CC(F)(F)C2)c1. The van der Waals surface area contributed by atoms with Crippen molar-refractivity contribution in [3.8, 4) is 5.75 Å². The van der Waals surface area contributed by atoms with Gasteiger partial charge in [0, 0.05) is 48.9 Å². The van der Waals surface area contributed by atoms with Crippen LogP contribution in [0.3, 0.4) is 0 Å². The third-order valence-corrected chi connectivity index (χ3v) is 9.11. The minimum atomic E-state index is -2.62. The first-order chi connectivity index (χ1) is 17.3. The van der Waals surface area contributed by atoms with E-state index in [1.54, 1.807) is 0 Å². The molecule has 0 atom stereocenters. The van der Waals surface area contributed by atoms with Gasteiger partial charge in [-0.1, -0.05) is 11.2 Å². The van der Waals surface area contributed by atoms with E-state index in [1.165, 1.54) is 0 Å². The molecule has 0 unspecified atom stereocenters. The molecule has 1 amide bonds. The first-order valence-corrected chi connectivity index (χ1v) is 13.5. The molecule has 5 saturated carbocycles. The van der Waals surface area contributed by atoms with E-state index in [0.717, 1.165) is 74.5 Å². The van der Waals surface area contributed by atoms with Gasteiger partial charge in [-0.25, -0.2) is 8.78 Å². The quantitative estimate of drug-likeness (QED) is 0.399. The van der Waals surface area contributed by atoms with Gasteiger partial charge in [0.2, 0.25) is 17.7 Å². The Morgan fingerprint density at radius 2 is 1.86 bits per heavy atom. The summed E-state index contributed by atoms with van der Waals surface area (Å²) in [6, 6.07) is 7.62. The molecule has 1 aromatic heterocycles. The second-order valence-corrected chi connectivity index (χ2v) is 11.8. The van der Waals surface area contributed by atoms with Crippen molar-refractivity contribution in [3.05, 3.63) is 36.0 Å². The van der Waals surface area contributed by atoms with E-state index in [0.29, 0.717) is 19.1 Å². The normalized spacial score (nSPS) is 29.1. The molecule has 36 heavy (non-hydrogen) atoms. The van der Waals surface area contributed by atoms with Crippen LogP contribution < -0.4 is 9.64 Å². The summed E-state index contributed by atoms with van der Waals surface area (Å²) in [6.45, 7) is 3.08. The maximum atomic E-state index is 13.5. The second-order valence-electron chi connectivity index (χ2n) is 11.8. The summed E-state index contributed by atoms with van der Waals surface area (Å²) in [7, 11) is 0. The van der Waals surface area contributed by atoms with E-state index in [2.05, 4.69) is 5.16 Å². The number of carbonyl (C=O) groups is 1. The predicted molar refractivity (Wildman–Crippen MR) is 130 cm³/mol. The highest BCUT2D eigenvalue weighted by molar-refractivity contribution is 5.94. The number of halogens is 2. The van der Waals surface area contributed by atoms with Gasteiger partial charge in [-0.3, -0.25) is 4.79 Å². The lowest BCUT2D eigenvalue weighted by Gasteiger charge is -2.53. The number of anilines is 1. The summed E-state index contributed by atoms with van der Waals surface area (Å²) < 4.78 is 38.4. The fraction of sp³-hybridized carbons (Fsp3) is 0.679. The standard InChI is InChI=1S/C28H35F2N3O3/c1-2-35-22-5-3-4-21(15-22)33(23(34)14-19-16-28(29,30)17-19)18-26-8-11-27(12-9-26,13-10-26)25-31-24(32-36-25)20-6-7-20/h3-5,15,19-20H,2,6-14,16-18H2,1H3. The van der Waals surface area contributed by atoms with E-state index < -0.39 is 5.92 Å². The van der Waals surface area contributed by atoms with Crippen LogP contribution in [0.1, 0.15) is 95.2 Å². The monoisotopic (exact) mass is 499 g/mol. The molecular weight excluding hydrogens is 464 g/mol. The number of rotatable bonds is 9. The minimum absolute atomic E-state index is 0.0158. The molecule has 7 rings (SSSR count). The third-order valence-electron chi connectivity index (χ3n) is 9.11. The molecule has 0 saturated heterocycles. The van der Waals surface area contributed by atoms with Gasteiger partial charge in [0.15, 0.2) is 5.82 Å². The molecule has 0 aliphatic heterocycles. The smallest absolute Gasteiger partial charge is 0.248 e. The Labute approximate surface area is 210 Å². The lowest BCUT2D eigenvalue weighted by Crippen LogP contribution is -2.51. The first-order valence-electron chi connectivity index (χ1n) is 13.5. The molecule has 1 aromatic carbocycles. The van der Waals surface area contributed by atoms with Crippen molar-refractivity contribution in [1.82, 2.24) is 10.1 Å². The zero-order chi connectivity index (χ0) is 25.0. The topological polar surface area (TPSA) is 68.5 Å². The number of carbonyl (C=O) groups excluding carboxylic acids is 1. The zero-order valence-electron chi connectivity index (χ0n) is 21.0. The fourth-order valence-electron chi connectivity index (χ4n) is 6.63. The molecule has 194 valence electrons. The first kappa shape index (κ1) is 23.9. The molecule has 0 spiro atoms. The van der Waals surface area contributed by atoms with Gasteiger partial charge in [-0.15, -0.1) is 0 Å². The molecule has 5 fully saturated rings. The summed E-state index contributed by atoms with van der Waals surface area (Å²) in [4.78, 5) is 20.2. The van der Waals surface area contributed by atoms with Crippen molar-refractivity contribution in [1.29, 1.82) is 0 Å². The Morgan fingerprint density at radius 3 is 2.50 bits per heavy atom. The van der Waals surface area contributed by atoms with E-state index in [4.69, 9.17) is 14.2 Å². The van der Waals surface area contributed by atoms with Crippen LogP contribution in [0.25, 0.3) is 0 Å². The molecule has 6 nitrogen and oxygen atoms in total. The lowest BCUT2D eigenvalue weighted by atomic mass is 9.53. The number of alkyl halides is 2. The molecule has 0 N–H and O–H groups in total. The van der Waals surface area contributed by atoms with Crippen LogP contribution in [0.4, 0.5) is 14.5 Å². The second kappa shape index (κ2) is 8.80. The summed E-state index contributed by atoms with van der Waals surface area (Å²) in [6.07, 6.45) is 8.02. The minimum Gasteiger partial charge on any atom is -0.494 e. The molecule has 2 bridgehead atoms. The van der Waals surface area contributed by atoms with Crippen molar-refractivity contribution >= 4 is 11.6 Å². The molecule has 1 heterocycles. The van der Waals surface area contributed by atoms with Crippen LogP contribution in [0.2, 0.25) is 0 Å². The zero-order valence-corrected chi connectivity index (χ0v) is 21.0. The van der Waals surface area contributed by atoms with Crippen LogP contribution in [-0.4, -0.2) is 35.1 Å². The highest BCUT2D eigenvalue weighted by Crippen LogP contribution is 2.58. The van der Waals surface area contributed by atoms with Gasteiger partial charge < -0.3 is 14.2 Å². The predicted octanol–water partition coefficient (Wildman–Crippen LogP) is 6.41. The summed E-state index contributed by atoms with van der Waals surface area (Å²) in [5.41, 5.74) is 0.769. The Morgan fingerprint density at radius 1 is 1.14 bits per heavy atom. The van der Waals surface area contributed by atoms with Gasteiger partial charge in [-0.2, -0.15) is 4.98 Å². The van der Waals surface area contributed by atoms with Gasteiger partial charge in [0.1, 0.15) is 5.75 Å². The molecule has 5 aliphatic carbocycles. The number of nitrogens with zero attached hydrogens (tertiary/aromatic N) is 3. The highest BCUT2D eigenvalue weighted by Gasteiger charge is 2.53. The van der Waals surface area contributed by atoms with Crippen LogP contribution in [0, 0.1) is 11.3 Å². The van der Waals surface area contributed by atoms with Crippen molar-refractivity contribution in [3.63, 3.8) is 0 Å². The number of fused-ring (bicyclic) bond motifs is 3. The Kier molecular flexibility index (Phi) is 5.84. The van der Waals surface area contributed by atoms with E-state index in [1.807, 2.05) is 36.1 Å². The van der Waals surface area contributed by atoms with Gasteiger partial charge in [0.25, 0.3) is 0 Å². The van der Waals surface area contributed by atoms with Crippen LogP contribution in [0.5, 0.6) is 5.75 Å². The number of amides is 1. The van der Waals surface area contributed by atoms with Crippen molar-refractivity contribution < 1.29 is 22.8 Å². The van der Waals surface area contributed by atoms with Crippen LogP contribution in [-0.2, 0) is 10.2 Å². The third kappa shape index (κ3) is 4.52. The number of benzene rings is 1. The molecule has 5 aliphatic rings. The Bertz CT molecular complexity index is 1100. The Balaban J connectivity index is 1.19. The number of ether oxygens (including phenoxy) is 1. The number of hydrogen-bond donors (Lipinski definition) is 0. The fourth-order valence-corrected chi connectivity index (χ4v) is 6.63. The van der Waals surface area contributed by atoms with E-state index in [9.17, 15) is 13.6 Å². The van der Waals surface area contributed by atoms with Gasteiger partial charge in [0.05, 0.1) is 6.61 Å². The maximum Gasteiger partial charge on any atom is 0.248 e. The largest absolute Gasteiger partial charge is 0.494 e. The molecule has 2 aromatic rings. The van der Waals surface area contributed by atoms with Crippen LogP contribution >= 0.6 is 0 Å². The van der Waals surface area contributed by atoms with Crippen molar-refractivity contribution in [2.45, 2.75) is 94.8 Å². The highest BCUT2D eigenvalue weighted by atomic mass is 19.3. The average Bonchev–Trinajstić information content (AvgIpc) is 3.58. The molecule has 0 radical (unpaired) electrons. The van der Waals surface area contributed by atoms with Crippen molar-refractivity contribution in [2.24, 2.45) is 11.3 Å². The number of hydrogen-bond acceptors (Lipinski definition) is 5. The summed E-state index contributed by atoms with van der Waals surface area (Å²) in [5.74, 6) is -0.0520.